The van der Waals surface area contributed by atoms with Crippen molar-refractivity contribution < 1.29 is 18.3 Å². The second-order valence-corrected chi connectivity index (χ2v) is 6.18. The fourth-order valence-corrected chi connectivity index (χ4v) is 1.92. The van der Waals surface area contributed by atoms with Crippen molar-refractivity contribution in [1.82, 2.24) is 15.3 Å². The van der Waals surface area contributed by atoms with E-state index in [1.807, 2.05) is 0 Å². The van der Waals surface area contributed by atoms with Gasteiger partial charge in [0.15, 0.2) is 11.6 Å². The summed E-state index contributed by atoms with van der Waals surface area (Å²) in [6.07, 6.45) is 0.936. The van der Waals surface area contributed by atoms with Crippen LogP contribution in [0.3, 0.4) is 0 Å². The first-order chi connectivity index (χ1) is 10.7. The number of hydrogen-bond donors (Lipinski definition) is 2. The van der Waals surface area contributed by atoms with Crippen molar-refractivity contribution in [2.75, 3.05) is 0 Å². The van der Waals surface area contributed by atoms with Gasteiger partial charge in [0, 0.05) is 5.56 Å². The topological polar surface area (TPSA) is 67.0 Å². The van der Waals surface area contributed by atoms with Crippen LogP contribution in [-0.4, -0.2) is 21.7 Å². The van der Waals surface area contributed by atoms with Gasteiger partial charge in [0.25, 0.3) is 0 Å². The number of alkyl carbamates (subject to hydrolysis) is 1. The normalized spacial score (nSPS) is 12.8. The van der Waals surface area contributed by atoms with Gasteiger partial charge in [-0.3, -0.25) is 0 Å². The Kier molecular flexibility index (Phi) is 4.68. The number of aromatic nitrogens is 2. The number of amides is 1. The van der Waals surface area contributed by atoms with E-state index in [1.165, 1.54) is 12.3 Å². The van der Waals surface area contributed by atoms with Crippen molar-refractivity contribution >= 4 is 6.09 Å². The van der Waals surface area contributed by atoms with Gasteiger partial charge in [0.1, 0.15) is 11.4 Å². The van der Waals surface area contributed by atoms with Gasteiger partial charge in [-0.25, -0.2) is 18.6 Å². The summed E-state index contributed by atoms with van der Waals surface area (Å²) < 4.78 is 31.4. The first-order valence-corrected chi connectivity index (χ1v) is 7.15. The van der Waals surface area contributed by atoms with Crippen LogP contribution in [0, 0.1) is 11.6 Å². The molecule has 2 aromatic rings. The van der Waals surface area contributed by atoms with Gasteiger partial charge in [0.05, 0.1) is 17.9 Å². The lowest BCUT2D eigenvalue weighted by molar-refractivity contribution is 0.0506. The third-order valence-electron chi connectivity index (χ3n) is 2.97. The molecule has 124 valence electrons. The van der Waals surface area contributed by atoms with E-state index in [0.717, 1.165) is 12.1 Å². The highest BCUT2D eigenvalue weighted by molar-refractivity contribution is 5.68. The van der Waals surface area contributed by atoms with E-state index in [0.29, 0.717) is 17.1 Å². The van der Waals surface area contributed by atoms with Crippen molar-refractivity contribution in [3.63, 3.8) is 0 Å². The second kappa shape index (κ2) is 6.36. The number of ether oxygens (including phenoxy) is 1. The first kappa shape index (κ1) is 16.9. The molecule has 1 atom stereocenters. The minimum absolute atomic E-state index is 0.427. The van der Waals surface area contributed by atoms with E-state index in [-0.39, 0.29) is 0 Å². The van der Waals surface area contributed by atoms with Crippen LogP contribution in [0.15, 0.2) is 24.4 Å². The lowest BCUT2D eigenvalue weighted by Crippen LogP contribution is -2.34. The summed E-state index contributed by atoms with van der Waals surface area (Å²) in [4.78, 5) is 18.9. The van der Waals surface area contributed by atoms with E-state index >= 15 is 0 Å². The maximum absolute atomic E-state index is 13.3. The van der Waals surface area contributed by atoms with Gasteiger partial charge >= 0.3 is 6.09 Å². The van der Waals surface area contributed by atoms with Crippen LogP contribution in [0.4, 0.5) is 13.6 Å². The highest BCUT2D eigenvalue weighted by atomic mass is 19.2. The predicted octanol–water partition coefficient (Wildman–Crippen LogP) is 3.94. The van der Waals surface area contributed by atoms with Gasteiger partial charge in [-0.15, -0.1) is 0 Å². The summed E-state index contributed by atoms with van der Waals surface area (Å²) in [5, 5.41) is 2.65. The molecule has 2 N–H and O–H groups in total. The molecular weight excluding hydrogens is 304 g/mol. The molecule has 0 saturated carbocycles. The molecule has 1 aromatic heterocycles. The van der Waals surface area contributed by atoms with Crippen LogP contribution in [0.5, 0.6) is 0 Å². The summed E-state index contributed by atoms with van der Waals surface area (Å²) in [6.45, 7) is 7.04. The molecule has 7 heteroatoms. The highest BCUT2D eigenvalue weighted by Crippen LogP contribution is 2.21. The molecule has 0 unspecified atom stereocenters. The summed E-state index contributed by atoms with van der Waals surface area (Å²) in [5.74, 6) is -1.36. The molecule has 0 aliphatic rings. The molecular formula is C16H19F2N3O2. The van der Waals surface area contributed by atoms with E-state index in [9.17, 15) is 13.6 Å². The van der Waals surface area contributed by atoms with Gasteiger partial charge in [-0.05, 0) is 45.9 Å². The zero-order chi connectivity index (χ0) is 17.2. The molecule has 1 aromatic carbocycles. The lowest BCUT2D eigenvalue weighted by atomic mass is 10.1. The average Bonchev–Trinajstić information content (AvgIpc) is 2.89. The number of hydrogen-bond acceptors (Lipinski definition) is 3. The van der Waals surface area contributed by atoms with Crippen LogP contribution < -0.4 is 5.32 Å². The number of carbonyl (C=O) groups is 1. The lowest BCUT2D eigenvalue weighted by Gasteiger charge is -2.21. The Bertz CT molecular complexity index is 708. The Morgan fingerprint density at radius 3 is 2.61 bits per heavy atom. The summed E-state index contributed by atoms with van der Waals surface area (Å²) >= 11 is 0. The van der Waals surface area contributed by atoms with E-state index in [2.05, 4.69) is 15.3 Å². The predicted molar refractivity (Wildman–Crippen MR) is 81.7 cm³/mol. The average molecular weight is 323 g/mol. The molecule has 0 saturated heterocycles. The summed E-state index contributed by atoms with van der Waals surface area (Å²) in [6, 6.07) is 3.15. The zero-order valence-corrected chi connectivity index (χ0v) is 13.4. The molecule has 23 heavy (non-hydrogen) atoms. The molecule has 1 amide bonds. The number of rotatable bonds is 3. The van der Waals surface area contributed by atoms with Gasteiger partial charge in [-0.1, -0.05) is 0 Å². The van der Waals surface area contributed by atoms with Crippen molar-refractivity contribution in [2.24, 2.45) is 0 Å². The SMILES string of the molecule is C[C@@H](NC(=O)OC(C)(C)C)c1ncc(-c2ccc(F)c(F)c2)[nH]1. The number of H-pyrrole nitrogens is 1. The molecule has 0 aliphatic carbocycles. The van der Waals surface area contributed by atoms with Crippen LogP contribution in [-0.2, 0) is 4.74 Å². The number of imidazole rings is 1. The van der Waals surface area contributed by atoms with Gasteiger partial charge in [0.2, 0.25) is 0 Å². The Hall–Kier alpha value is -2.44. The number of halogens is 2. The van der Waals surface area contributed by atoms with Crippen molar-refractivity contribution in [3.8, 4) is 11.3 Å². The molecule has 0 fully saturated rings. The van der Waals surface area contributed by atoms with Crippen LogP contribution in [0.1, 0.15) is 39.6 Å². The van der Waals surface area contributed by atoms with E-state index < -0.39 is 29.4 Å². The number of aromatic amines is 1. The maximum atomic E-state index is 13.3. The van der Waals surface area contributed by atoms with Crippen LogP contribution in [0.25, 0.3) is 11.3 Å². The maximum Gasteiger partial charge on any atom is 0.408 e. The standard InChI is InChI=1S/C16H19F2N3O2/c1-9(20-15(22)23-16(2,3)4)14-19-8-13(21-14)10-5-6-11(17)12(18)7-10/h5-9H,1-4H3,(H,19,21)(H,20,22)/t9-/m1/s1. The number of carbonyl (C=O) groups excluding carboxylic acids is 1. The first-order valence-electron chi connectivity index (χ1n) is 7.15. The number of nitrogens with one attached hydrogen (secondary N) is 2. The summed E-state index contributed by atoms with van der Waals surface area (Å²) in [5.41, 5.74) is 0.396. The van der Waals surface area contributed by atoms with Gasteiger partial charge in [-0.2, -0.15) is 0 Å². The highest BCUT2D eigenvalue weighted by Gasteiger charge is 2.19. The molecule has 0 spiro atoms. The molecule has 0 radical (unpaired) electrons. The molecule has 0 bridgehead atoms. The monoisotopic (exact) mass is 323 g/mol. The van der Waals surface area contributed by atoms with Crippen molar-refractivity contribution in [3.05, 3.63) is 41.9 Å². The fourth-order valence-electron chi connectivity index (χ4n) is 1.92. The minimum atomic E-state index is -0.932. The number of benzene rings is 1. The quantitative estimate of drug-likeness (QED) is 0.899. The Labute approximate surface area is 133 Å². The minimum Gasteiger partial charge on any atom is -0.444 e. The molecule has 5 nitrogen and oxygen atoms in total. The molecule has 1 heterocycles. The third kappa shape index (κ3) is 4.51. The number of nitrogens with zero attached hydrogens (tertiary/aromatic N) is 1. The van der Waals surface area contributed by atoms with Crippen LogP contribution in [0.2, 0.25) is 0 Å². The molecule has 0 aliphatic heterocycles. The summed E-state index contributed by atoms with van der Waals surface area (Å²) in [7, 11) is 0. The Morgan fingerprint density at radius 1 is 1.30 bits per heavy atom. The van der Waals surface area contributed by atoms with Crippen molar-refractivity contribution in [2.45, 2.75) is 39.3 Å². The largest absolute Gasteiger partial charge is 0.444 e. The van der Waals surface area contributed by atoms with Crippen LogP contribution >= 0.6 is 0 Å². The third-order valence-corrected chi connectivity index (χ3v) is 2.97. The Morgan fingerprint density at radius 2 is 2.00 bits per heavy atom. The van der Waals surface area contributed by atoms with Crippen molar-refractivity contribution in [1.29, 1.82) is 0 Å². The van der Waals surface area contributed by atoms with E-state index in [1.54, 1.807) is 27.7 Å². The second-order valence-electron chi connectivity index (χ2n) is 6.18. The van der Waals surface area contributed by atoms with Gasteiger partial charge < -0.3 is 15.0 Å². The molecule has 2 rings (SSSR count). The van der Waals surface area contributed by atoms with E-state index in [4.69, 9.17) is 4.74 Å². The zero-order valence-electron chi connectivity index (χ0n) is 13.4. The smallest absolute Gasteiger partial charge is 0.408 e. The Balaban J connectivity index is 2.09. The fraction of sp³-hybridized carbons (Fsp3) is 0.375.